The Morgan fingerprint density at radius 3 is 2.56 bits per heavy atom. The Hall–Kier alpha value is -0.830. The first kappa shape index (κ1) is 6.29. The number of cyclic esters (lactones) is 1. The van der Waals surface area contributed by atoms with Gasteiger partial charge < -0.3 is 4.74 Å². The van der Waals surface area contributed by atoms with E-state index >= 15 is 0 Å². The molecule has 0 amide bonds. The SMILES string of the molecule is CN(C)C1C=CC(=O)O1. The molecule has 1 unspecified atom stereocenters. The summed E-state index contributed by atoms with van der Waals surface area (Å²) in [5.74, 6) is -0.256. The van der Waals surface area contributed by atoms with Gasteiger partial charge in [-0.15, -0.1) is 0 Å². The lowest BCUT2D eigenvalue weighted by molar-refractivity contribution is -0.143. The molecule has 0 saturated heterocycles. The predicted octanol–water partition coefficient (Wildman–Crippen LogP) is -0.0129. The van der Waals surface area contributed by atoms with Crippen LogP contribution in [0.2, 0.25) is 0 Å². The van der Waals surface area contributed by atoms with E-state index in [2.05, 4.69) is 0 Å². The van der Waals surface area contributed by atoms with Crippen LogP contribution in [0.3, 0.4) is 0 Å². The molecular weight excluding hydrogens is 118 g/mol. The van der Waals surface area contributed by atoms with Gasteiger partial charge in [0.25, 0.3) is 0 Å². The van der Waals surface area contributed by atoms with Crippen LogP contribution in [0.1, 0.15) is 0 Å². The van der Waals surface area contributed by atoms with Crippen molar-refractivity contribution < 1.29 is 9.53 Å². The fourth-order valence-corrected chi connectivity index (χ4v) is 0.636. The molecule has 0 spiro atoms. The van der Waals surface area contributed by atoms with Gasteiger partial charge in [0.15, 0.2) is 6.23 Å². The van der Waals surface area contributed by atoms with E-state index in [1.807, 2.05) is 19.0 Å². The quantitative estimate of drug-likeness (QED) is 0.464. The van der Waals surface area contributed by atoms with E-state index in [4.69, 9.17) is 4.74 Å². The lowest BCUT2D eigenvalue weighted by atomic mass is 10.5. The van der Waals surface area contributed by atoms with E-state index in [0.717, 1.165) is 0 Å². The Kier molecular flexibility index (Phi) is 1.53. The van der Waals surface area contributed by atoms with E-state index in [-0.39, 0.29) is 12.2 Å². The van der Waals surface area contributed by atoms with Crippen LogP contribution in [-0.2, 0) is 9.53 Å². The van der Waals surface area contributed by atoms with E-state index in [1.54, 1.807) is 6.08 Å². The number of carbonyl (C=O) groups excluding carboxylic acids is 1. The largest absolute Gasteiger partial charge is 0.439 e. The van der Waals surface area contributed by atoms with Crippen LogP contribution >= 0.6 is 0 Å². The average Bonchev–Trinajstić information content (AvgIpc) is 2.14. The molecule has 0 fully saturated rings. The third kappa shape index (κ3) is 1.29. The zero-order chi connectivity index (χ0) is 6.85. The zero-order valence-electron chi connectivity index (χ0n) is 5.50. The first-order valence-electron chi connectivity index (χ1n) is 2.75. The van der Waals surface area contributed by atoms with Crippen LogP contribution in [0.15, 0.2) is 12.2 Å². The third-order valence-corrected chi connectivity index (χ3v) is 1.14. The standard InChI is InChI=1S/C6H9NO2/c1-7(2)5-3-4-6(8)9-5/h3-5H,1-2H3. The summed E-state index contributed by atoms with van der Waals surface area (Å²) in [5.41, 5.74) is 0. The lowest BCUT2D eigenvalue weighted by Gasteiger charge is -2.15. The van der Waals surface area contributed by atoms with Gasteiger partial charge in [-0.05, 0) is 20.2 Å². The fraction of sp³-hybridized carbons (Fsp3) is 0.500. The number of esters is 1. The summed E-state index contributed by atoms with van der Waals surface area (Å²) in [7, 11) is 3.71. The van der Waals surface area contributed by atoms with E-state index in [0.29, 0.717) is 0 Å². The average molecular weight is 127 g/mol. The molecule has 50 valence electrons. The summed E-state index contributed by atoms with van der Waals surface area (Å²) in [6.07, 6.45) is 3.00. The van der Waals surface area contributed by atoms with Crippen LogP contribution in [0.25, 0.3) is 0 Å². The topological polar surface area (TPSA) is 29.5 Å². The smallest absolute Gasteiger partial charge is 0.332 e. The van der Waals surface area contributed by atoms with Gasteiger partial charge in [0.05, 0.1) is 0 Å². The number of hydrogen-bond donors (Lipinski definition) is 0. The number of hydrogen-bond acceptors (Lipinski definition) is 3. The zero-order valence-corrected chi connectivity index (χ0v) is 5.50. The maximum absolute atomic E-state index is 10.4. The minimum atomic E-state index is -0.256. The molecule has 0 N–H and O–H groups in total. The number of rotatable bonds is 1. The molecule has 3 heteroatoms. The summed E-state index contributed by atoms with van der Waals surface area (Å²) < 4.78 is 4.80. The van der Waals surface area contributed by atoms with Crippen molar-refractivity contribution in [3.05, 3.63) is 12.2 Å². The number of nitrogens with zero attached hydrogens (tertiary/aromatic N) is 1. The second-order valence-electron chi connectivity index (χ2n) is 2.15. The van der Waals surface area contributed by atoms with Gasteiger partial charge >= 0.3 is 5.97 Å². The van der Waals surface area contributed by atoms with Crippen LogP contribution in [0.5, 0.6) is 0 Å². The Balaban J connectivity index is 2.50. The molecule has 9 heavy (non-hydrogen) atoms. The molecular formula is C6H9NO2. The van der Waals surface area contributed by atoms with Gasteiger partial charge in [-0.1, -0.05) is 0 Å². The summed E-state index contributed by atoms with van der Waals surface area (Å²) in [6, 6.07) is 0. The maximum Gasteiger partial charge on any atom is 0.332 e. The first-order chi connectivity index (χ1) is 4.20. The first-order valence-corrected chi connectivity index (χ1v) is 2.75. The highest BCUT2D eigenvalue weighted by atomic mass is 16.6. The van der Waals surface area contributed by atoms with Crippen LogP contribution < -0.4 is 0 Å². The van der Waals surface area contributed by atoms with Crippen molar-refractivity contribution in [2.24, 2.45) is 0 Å². The van der Waals surface area contributed by atoms with Crippen molar-refractivity contribution in [3.8, 4) is 0 Å². The number of carbonyl (C=O) groups is 1. The third-order valence-electron chi connectivity index (χ3n) is 1.14. The van der Waals surface area contributed by atoms with E-state index in [9.17, 15) is 4.79 Å². The molecule has 0 aromatic heterocycles. The molecule has 1 aliphatic rings. The highest BCUT2D eigenvalue weighted by Crippen LogP contribution is 2.05. The van der Waals surface area contributed by atoms with Crippen LogP contribution in [0.4, 0.5) is 0 Å². The van der Waals surface area contributed by atoms with Gasteiger partial charge in [-0.25, -0.2) is 4.79 Å². The van der Waals surface area contributed by atoms with Gasteiger partial charge in [0, 0.05) is 6.08 Å². The highest BCUT2D eigenvalue weighted by Gasteiger charge is 2.17. The van der Waals surface area contributed by atoms with Gasteiger partial charge in [-0.2, -0.15) is 0 Å². The molecule has 0 aromatic rings. The molecule has 0 radical (unpaired) electrons. The van der Waals surface area contributed by atoms with E-state index < -0.39 is 0 Å². The highest BCUT2D eigenvalue weighted by molar-refractivity contribution is 5.84. The molecule has 3 nitrogen and oxygen atoms in total. The van der Waals surface area contributed by atoms with Crippen molar-refractivity contribution in [1.82, 2.24) is 4.90 Å². The Morgan fingerprint density at radius 2 is 2.33 bits per heavy atom. The van der Waals surface area contributed by atoms with Crippen molar-refractivity contribution in [2.75, 3.05) is 14.1 Å². The predicted molar refractivity (Wildman–Crippen MR) is 32.7 cm³/mol. The molecule has 0 aromatic carbocycles. The molecule has 0 aliphatic carbocycles. The molecule has 1 rings (SSSR count). The monoisotopic (exact) mass is 127 g/mol. The van der Waals surface area contributed by atoms with Crippen LogP contribution in [0, 0.1) is 0 Å². The Labute approximate surface area is 53.9 Å². The summed E-state index contributed by atoms with van der Waals surface area (Å²) >= 11 is 0. The summed E-state index contributed by atoms with van der Waals surface area (Å²) in [6.45, 7) is 0. The molecule has 1 aliphatic heterocycles. The Morgan fingerprint density at radius 1 is 1.67 bits per heavy atom. The second kappa shape index (κ2) is 2.19. The summed E-state index contributed by atoms with van der Waals surface area (Å²) in [5, 5.41) is 0. The lowest BCUT2D eigenvalue weighted by Crippen LogP contribution is -2.26. The number of likely N-dealkylation sites (N-methyl/N-ethyl adjacent to an activating group) is 1. The minimum absolute atomic E-state index is 0.155. The van der Waals surface area contributed by atoms with Crippen molar-refractivity contribution in [3.63, 3.8) is 0 Å². The van der Waals surface area contributed by atoms with Gasteiger partial charge in [0.2, 0.25) is 0 Å². The normalized spacial score (nSPS) is 25.2. The van der Waals surface area contributed by atoms with Gasteiger partial charge in [0.1, 0.15) is 0 Å². The minimum Gasteiger partial charge on any atom is -0.439 e. The fourth-order valence-electron chi connectivity index (χ4n) is 0.636. The van der Waals surface area contributed by atoms with Crippen molar-refractivity contribution in [2.45, 2.75) is 6.23 Å². The maximum atomic E-state index is 10.4. The second-order valence-corrected chi connectivity index (χ2v) is 2.15. The van der Waals surface area contributed by atoms with E-state index in [1.165, 1.54) is 6.08 Å². The number of ether oxygens (including phenoxy) is 1. The van der Waals surface area contributed by atoms with Crippen molar-refractivity contribution >= 4 is 5.97 Å². The van der Waals surface area contributed by atoms with Gasteiger partial charge in [-0.3, -0.25) is 4.90 Å². The molecule has 0 bridgehead atoms. The van der Waals surface area contributed by atoms with Crippen molar-refractivity contribution in [1.29, 1.82) is 0 Å². The van der Waals surface area contributed by atoms with Crippen LogP contribution in [-0.4, -0.2) is 31.2 Å². The molecule has 1 atom stereocenters. The molecule has 1 heterocycles. The molecule has 0 saturated carbocycles. The Bertz CT molecular complexity index is 151. The summed E-state index contributed by atoms with van der Waals surface area (Å²) in [4.78, 5) is 12.2.